The Morgan fingerprint density at radius 1 is 1.33 bits per heavy atom. The van der Waals surface area contributed by atoms with Crippen LogP contribution in [0.2, 0.25) is 0 Å². The number of carbonyl (C=O) groups is 1. The molecular formula is C13H17NO. The maximum atomic E-state index is 11.6. The first-order valence-electron chi connectivity index (χ1n) is 5.59. The van der Waals surface area contributed by atoms with Gasteiger partial charge >= 0.3 is 0 Å². The number of rotatable bonds is 2. The predicted octanol–water partition coefficient (Wildman–Crippen LogP) is 2.06. The minimum Gasteiger partial charge on any atom is -0.356 e. The predicted molar refractivity (Wildman–Crippen MR) is 60.6 cm³/mol. The zero-order valence-electron chi connectivity index (χ0n) is 9.12. The molecule has 15 heavy (non-hydrogen) atoms. The lowest BCUT2D eigenvalue weighted by Crippen LogP contribution is -2.37. The number of benzene rings is 1. The molecule has 0 aliphatic carbocycles. The van der Waals surface area contributed by atoms with E-state index in [1.165, 1.54) is 11.1 Å². The van der Waals surface area contributed by atoms with E-state index in [0.29, 0.717) is 0 Å². The molecular weight excluding hydrogens is 186 g/mol. The highest BCUT2D eigenvalue weighted by atomic mass is 16.1. The lowest BCUT2D eigenvalue weighted by Gasteiger charge is -2.21. The fourth-order valence-corrected chi connectivity index (χ4v) is 2.04. The van der Waals surface area contributed by atoms with Gasteiger partial charge in [-0.25, -0.2) is 0 Å². The third-order valence-electron chi connectivity index (χ3n) is 3.00. The van der Waals surface area contributed by atoms with Gasteiger partial charge < -0.3 is 5.32 Å². The summed E-state index contributed by atoms with van der Waals surface area (Å²) in [5.41, 5.74) is 2.54. The Morgan fingerprint density at radius 2 is 2.07 bits per heavy atom. The van der Waals surface area contributed by atoms with Gasteiger partial charge in [-0.15, -0.1) is 0 Å². The van der Waals surface area contributed by atoms with E-state index < -0.39 is 0 Å². The summed E-state index contributed by atoms with van der Waals surface area (Å²) in [5.74, 6) is 0.406. The first-order valence-corrected chi connectivity index (χ1v) is 5.59. The molecule has 1 amide bonds. The van der Waals surface area contributed by atoms with E-state index in [4.69, 9.17) is 0 Å². The van der Waals surface area contributed by atoms with Crippen LogP contribution in [0.15, 0.2) is 24.3 Å². The molecule has 1 saturated heterocycles. The average Bonchev–Trinajstić information content (AvgIpc) is 2.25. The topological polar surface area (TPSA) is 29.1 Å². The van der Waals surface area contributed by atoms with E-state index in [2.05, 4.69) is 36.5 Å². The number of amides is 1. The van der Waals surface area contributed by atoms with Crippen molar-refractivity contribution in [1.82, 2.24) is 5.32 Å². The third-order valence-corrected chi connectivity index (χ3v) is 3.00. The lowest BCUT2D eigenvalue weighted by atomic mass is 9.91. The third kappa shape index (κ3) is 2.58. The quantitative estimate of drug-likeness (QED) is 0.783. The van der Waals surface area contributed by atoms with Crippen LogP contribution in [-0.2, 0) is 11.2 Å². The van der Waals surface area contributed by atoms with Gasteiger partial charge in [0.15, 0.2) is 0 Å². The fourth-order valence-electron chi connectivity index (χ4n) is 2.04. The number of piperidine rings is 1. The van der Waals surface area contributed by atoms with Crippen LogP contribution in [0.1, 0.15) is 24.0 Å². The molecule has 1 heterocycles. The molecule has 1 aliphatic heterocycles. The van der Waals surface area contributed by atoms with E-state index in [9.17, 15) is 4.79 Å². The maximum absolute atomic E-state index is 11.6. The second-order valence-corrected chi connectivity index (χ2v) is 4.32. The number of carbonyl (C=O) groups excluding carboxylic acids is 1. The molecule has 0 spiro atoms. The molecule has 1 N–H and O–H groups in total. The summed E-state index contributed by atoms with van der Waals surface area (Å²) in [6.07, 6.45) is 3.02. The van der Waals surface area contributed by atoms with Crippen molar-refractivity contribution in [3.63, 3.8) is 0 Å². The van der Waals surface area contributed by atoms with Crippen molar-refractivity contribution in [1.29, 1.82) is 0 Å². The second kappa shape index (κ2) is 4.47. The number of hydrogen-bond donors (Lipinski definition) is 1. The highest BCUT2D eigenvalue weighted by Gasteiger charge is 2.21. The fraction of sp³-hybridized carbons (Fsp3) is 0.462. The Labute approximate surface area is 90.7 Å². The summed E-state index contributed by atoms with van der Waals surface area (Å²) in [7, 11) is 0. The van der Waals surface area contributed by atoms with Gasteiger partial charge in [-0.2, -0.15) is 0 Å². The summed E-state index contributed by atoms with van der Waals surface area (Å²) < 4.78 is 0. The van der Waals surface area contributed by atoms with Crippen molar-refractivity contribution in [2.45, 2.75) is 26.2 Å². The molecule has 1 atom stereocenters. The van der Waals surface area contributed by atoms with Gasteiger partial charge in [0.25, 0.3) is 0 Å². The minimum absolute atomic E-state index is 0.182. The number of hydrogen-bond acceptors (Lipinski definition) is 1. The van der Waals surface area contributed by atoms with Gasteiger partial charge in [0.1, 0.15) is 0 Å². The molecule has 2 rings (SSSR count). The van der Waals surface area contributed by atoms with Gasteiger partial charge in [0.2, 0.25) is 5.91 Å². The van der Waals surface area contributed by atoms with Crippen LogP contribution >= 0.6 is 0 Å². The van der Waals surface area contributed by atoms with E-state index in [-0.39, 0.29) is 11.8 Å². The number of nitrogens with one attached hydrogen (secondary N) is 1. The molecule has 0 saturated carbocycles. The summed E-state index contributed by atoms with van der Waals surface area (Å²) in [6.45, 7) is 2.93. The van der Waals surface area contributed by atoms with E-state index in [1.54, 1.807) is 0 Å². The Balaban J connectivity index is 2.01. The molecule has 0 aromatic heterocycles. The first kappa shape index (κ1) is 10.2. The van der Waals surface area contributed by atoms with E-state index in [1.807, 2.05) is 0 Å². The number of aryl methyl sites for hydroxylation is 1. The van der Waals surface area contributed by atoms with Crippen molar-refractivity contribution >= 4 is 5.91 Å². The van der Waals surface area contributed by atoms with Crippen molar-refractivity contribution in [2.24, 2.45) is 5.92 Å². The van der Waals surface area contributed by atoms with Crippen LogP contribution in [0.5, 0.6) is 0 Å². The maximum Gasteiger partial charge on any atom is 0.223 e. The van der Waals surface area contributed by atoms with Gasteiger partial charge in [0, 0.05) is 12.5 Å². The lowest BCUT2D eigenvalue weighted by molar-refractivity contribution is -0.126. The first-order chi connectivity index (χ1) is 7.25. The van der Waals surface area contributed by atoms with Crippen LogP contribution in [0, 0.1) is 12.8 Å². The minimum atomic E-state index is 0.182. The zero-order chi connectivity index (χ0) is 10.7. The molecule has 2 nitrogen and oxygen atoms in total. The molecule has 1 aliphatic rings. The Hall–Kier alpha value is -1.31. The average molecular weight is 203 g/mol. The smallest absolute Gasteiger partial charge is 0.223 e. The summed E-state index contributed by atoms with van der Waals surface area (Å²) in [5, 5.41) is 2.92. The molecule has 1 aromatic carbocycles. The van der Waals surface area contributed by atoms with E-state index in [0.717, 1.165) is 25.8 Å². The van der Waals surface area contributed by atoms with Crippen molar-refractivity contribution in [3.8, 4) is 0 Å². The molecule has 80 valence electrons. The summed E-state index contributed by atoms with van der Waals surface area (Å²) in [4.78, 5) is 11.6. The Kier molecular flexibility index (Phi) is 3.05. The summed E-state index contributed by atoms with van der Waals surface area (Å²) in [6, 6.07) is 8.46. The summed E-state index contributed by atoms with van der Waals surface area (Å²) >= 11 is 0. The van der Waals surface area contributed by atoms with Gasteiger partial charge in [-0.1, -0.05) is 29.8 Å². The molecule has 0 bridgehead atoms. The highest BCUT2D eigenvalue weighted by molar-refractivity contribution is 5.79. The van der Waals surface area contributed by atoms with Gasteiger partial charge in [-0.3, -0.25) is 4.79 Å². The van der Waals surface area contributed by atoms with Crippen LogP contribution in [-0.4, -0.2) is 12.5 Å². The Morgan fingerprint density at radius 3 is 2.73 bits per heavy atom. The Bertz CT molecular complexity index is 342. The molecule has 0 radical (unpaired) electrons. The van der Waals surface area contributed by atoms with Crippen LogP contribution in [0.4, 0.5) is 0 Å². The van der Waals surface area contributed by atoms with Crippen LogP contribution < -0.4 is 5.32 Å². The largest absolute Gasteiger partial charge is 0.356 e. The molecule has 1 aromatic rings. The van der Waals surface area contributed by atoms with Crippen molar-refractivity contribution in [2.75, 3.05) is 6.54 Å². The van der Waals surface area contributed by atoms with Crippen LogP contribution in [0.3, 0.4) is 0 Å². The van der Waals surface area contributed by atoms with Crippen molar-refractivity contribution in [3.05, 3.63) is 35.4 Å². The zero-order valence-corrected chi connectivity index (χ0v) is 9.12. The van der Waals surface area contributed by atoms with Gasteiger partial charge in [-0.05, 0) is 31.7 Å². The van der Waals surface area contributed by atoms with Crippen molar-refractivity contribution < 1.29 is 4.79 Å². The van der Waals surface area contributed by atoms with Gasteiger partial charge in [0.05, 0.1) is 0 Å². The van der Waals surface area contributed by atoms with E-state index >= 15 is 0 Å². The highest BCUT2D eigenvalue weighted by Crippen LogP contribution is 2.17. The monoisotopic (exact) mass is 203 g/mol. The standard InChI is InChI=1S/C13H17NO/c1-10-4-6-11(7-5-10)9-12-3-2-8-14-13(12)15/h4-7,12H,2-3,8-9H2,1H3,(H,14,15)/t12-/m1/s1. The molecule has 0 unspecified atom stereocenters. The molecule has 2 heteroatoms. The van der Waals surface area contributed by atoms with Crippen LogP contribution in [0.25, 0.3) is 0 Å². The molecule has 1 fully saturated rings. The normalized spacial score (nSPS) is 21.1. The second-order valence-electron chi connectivity index (χ2n) is 4.32. The SMILES string of the molecule is Cc1ccc(C[C@H]2CCCNC2=O)cc1.